The number of aryl methyl sites for hydroxylation is 2. The third kappa shape index (κ3) is 2.31. The molecule has 1 aliphatic rings. The number of aliphatic hydroxyl groups is 1. The van der Waals surface area contributed by atoms with Crippen LogP contribution in [0.15, 0.2) is 48.5 Å². The molecule has 2 aromatic carbocycles. The summed E-state index contributed by atoms with van der Waals surface area (Å²) >= 11 is 0. The Bertz CT molecular complexity index is 928. The van der Waals surface area contributed by atoms with E-state index >= 15 is 0 Å². The highest BCUT2D eigenvalue weighted by atomic mass is 16.3. The zero-order valence-corrected chi connectivity index (χ0v) is 13.6. The average Bonchev–Trinajstić information content (AvgIpc) is 3.11. The number of hydrogen-bond donors (Lipinski definition) is 3. The first-order valence-electron chi connectivity index (χ1n) is 8.25. The Kier molecular flexibility index (Phi) is 3.43. The van der Waals surface area contributed by atoms with Gasteiger partial charge in [-0.05, 0) is 37.0 Å². The van der Waals surface area contributed by atoms with Crippen molar-refractivity contribution in [3.63, 3.8) is 0 Å². The van der Waals surface area contributed by atoms with E-state index in [9.17, 15) is 9.90 Å². The second-order valence-electron chi connectivity index (χ2n) is 6.54. The Hall–Kier alpha value is -2.59. The number of rotatable bonds is 3. The molecule has 24 heavy (non-hydrogen) atoms. The van der Waals surface area contributed by atoms with Crippen LogP contribution in [0.2, 0.25) is 0 Å². The first-order chi connectivity index (χ1) is 11.6. The summed E-state index contributed by atoms with van der Waals surface area (Å²) in [6.45, 7) is 2.12. The van der Waals surface area contributed by atoms with E-state index < -0.39 is 5.60 Å². The van der Waals surface area contributed by atoms with Gasteiger partial charge in [0.05, 0.1) is 12.1 Å². The van der Waals surface area contributed by atoms with Crippen LogP contribution in [0.4, 0.5) is 0 Å². The minimum Gasteiger partial charge on any atom is -0.383 e. The second kappa shape index (κ2) is 5.49. The predicted octanol–water partition coefficient (Wildman–Crippen LogP) is 3.04. The van der Waals surface area contributed by atoms with Gasteiger partial charge in [0.2, 0.25) is 0 Å². The molecular formula is C20H20N2O2. The molecular weight excluding hydrogens is 300 g/mol. The zero-order valence-electron chi connectivity index (χ0n) is 13.6. The number of nitrogens with one attached hydrogen (secondary N) is 2. The van der Waals surface area contributed by atoms with E-state index in [4.69, 9.17) is 0 Å². The minimum atomic E-state index is -0.980. The van der Waals surface area contributed by atoms with E-state index in [1.54, 1.807) is 0 Å². The topological polar surface area (TPSA) is 65.1 Å². The van der Waals surface area contributed by atoms with Crippen LogP contribution in [0.25, 0.3) is 10.9 Å². The molecule has 3 N–H and O–H groups in total. The molecule has 1 aliphatic carbocycles. The van der Waals surface area contributed by atoms with Crippen molar-refractivity contribution < 1.29 is 9.90 Å². The summed E-state index contributed by atoms with van der Waals surface area (Å²) in [4.78, 5) is 15.9. The number of amides is 1. The van der Waals surface area contributed by atoms with Gasteiger partial charge in [0.25, 0.3) is 5.91 Å². The maximum absolute atomic E-state index is 12.7. The number of H-pyrrole nitrogens is 1. The molecule has 1 heterocycles. The average molecular weight is 320 g/mol. The summed E-state index contributed by atoms with van der Waals surface area (Å²) in [5.41, 5.74) is 3.56. The van der Waals surface area contributed by atoms with Crippen LogP contribution in [0.3, 0.4) is 0 Å². The number of aromatic amines is 1. The Morgan fingerprint density at radius 3 is 2.83 bits per heavy atom. The molecule has 0 spiro atoms. The number of benzene rings is 2. The fourth-order valence-electron chi connectivity index (χ4n) is 3.74. The molecule has 0 radical (unpaired) electrons. The first kappa shape index (κ1) is 15.0. The molecule has 0 bridgehead atoms. The fourth-order valence-corrected chi connectivity index (χ4v) is 3.74. The highest BCUT2D eigenvalue weighted by Gasteiger charge is 2.36. The zero-order chi connectivity index (χ0) is 16.7. The summed E-state index contributed by atoms with van der Waals surface area (Å²) in [7, 11) is 0. The van der Waals surface area contributed by atoms with Gasteiger partial charge in [-0.3, -0.25) is 4.79 Å². The Labute approximate surface area is 140 Å². The number of aromatic nitrogens is 1. The molecule has 4 heteroatoms. The van der Waals surface area contributed by atoms with Gasteiger partial charge in [-0.25, -0.2) is 0 Å². The Morgan fingerprint density at radius 2 is 1.96 bits per heavy atom. The largest absolute Gasteiger partial charge is 0.383 e. The molecule has 122 valence electrons. The number of carbonyl (C=O) groups is 1. The summed E-state index contributed by atoms with van der Waals surface area (Å²) in [6, 6.07) is 15.7. The Balaban J connectivity index is 1.58. The fraction of sp³-hybridized carbons (Fsp3) is 0.250. The third-order valence-corrected chi connectivity index (χ3v) is 4.99. The number of fused-ring (bicyclic) bond motifs is 2. The van der Waals surface area contributed by atoms with Gasteiger partial charge in [0.15, 0.2) is 0 Å². The van der Waals surface area contributed by atoms with Gasteiger partial charge in [-0.15, -0.1) is 0 Å². The van der Waals surface area contributed by atoms with Gasteiger partial charge in [-0.1, -0.05) is 42.5 Å². The number of para-hydroxylation sites is 1. The van der Waals surface area contributed by atoms with Crippen LogP contribution >= 0.6 is 0 Å². The molecule has 3 aromatic rings. The lowest BCUT2D eigenvalue weighted by atomic mass is 9.96. The molecule has 1 atom stereocenters. The molecule has 1 aromatic heterocycles. The van der Waals surface area contributed by atoms with Gasteiger partial charge >= 0.3 is 0 Å². The standard InChI is InChI=1S/C20H20N2O2/c1-13-18(15-7-3-5-9-17(15)22-13)19(23)21-12-20(24)11-10-14-6-2-4-8-16(14)20/h2-9,22,24H,10-12H2,1H3,(H,21,23). The van der Waals surface area contributed by atoms with Crippen LogP contribution in [-0.4, -0.2) is 22.5 Å². The highest BCUT2D eigenvalue weighted by molar-refractivity contribution is 6.08. The van der Waals surface area contributed by atoms with Crippen molar-refractivity contribution in [1.82, 2.24) is 10.3 Å². The van der Waals surface area contributed by atoms with E-state index in [1.807, 2.05) is 55.5 Å². The van der Waals surface area contributed by atoms with Crippen molar-refractivity contribution >= 4 is 16.8 Å². The molecule has 4 rings (SSSR count). The monoisotopic (exact) mass is 320 g/mol. The van der Waals surface area contributed by atoms with Crippen molar-refractivity contribution in [1.29, 1.82) is 0 Å². The van der Waals surface area contributed by atoms with Crippen LogP contribution in [0.1, 0.15) is 33.6 Å². The Morgan fingerprint density at radius 1 is 1.21 bits per heavy atom. The SMILES string of the molecule is Cc1[nH]c2ccccc2c1C(=O)NCC1(O)CCc2ccccc21. The molecule has 0 aliphatic heterocycles. The molecule has 0 saturated heterocycles. The van der Waals surface area contributed by atoms with E-state index in [0.717, 1.165) is 34.1 Å². The van der Waals surface area contributed by atoms with E-state index in [2.05, 4.69) is 10.3 Å². The first-order valence-corrected chi connectivity index (χ1v) is 8.25. The summed E-state index contributed by atoms with van der Waals surface area (Å²) in [5, 5.41) is 14.8. The minimum absolute atomic E-state index is 0.150. The van der Waals surface area contributed by atoms with E-state index in [1.165, 1.54) is 0 Å². The summed E-state index contributed by atoms with van der Waals surface area (Å²) in [6.07, 6.45) is 1.48. The van der Waals surface area contributed by atoms with E-state index in [-0.39, 0.29) is 12.5 Å². The molecule has 0 fully saturated rings. The molecule has 4 nitrogen and oxygen atoms in total. The summed E-state index contributed by atoms with van der Waals surface area (Å²) in [5.74, 6) is -0.150. The lowest BCUT2D eigenvalue weighted by Gasteiger charge is -2.24. The van der Waals surface area contributed by atoms with Crippen molar-refractivity contribution in [2.24, 2.45) is 0 Å². The van der Waals surface area contributed by atoms with Crippen LogP contribution < -0.4 is 5.32 Å². The van der Waals surface area contributed by atoms with Crippen molar-refractivity contribution in [3.05, 3.63) is 70.9 Å². The quantitative estimate of drug-likeness (QED) is 0.694. The van der Waals surface area contributed by atoms with Crippen molar-refractivity contribution in [2.45, 2.75) is 25.4 Å². The maximum atomic E-state index is 12.7. The lowest BCUT2D eigenvalue weighted by molar-refractivity contribution is 0.0370. The number of hydrogen-bond acceptors (Lipinski definition) is 2. The van der Waals surface area contributed by atoms with E-state index in [0.29, 0.717) is 12.0 Å². The third-order valence-electron chi connectivity index (χ3n) is 4.99. The van der Waals surface area contributed by atoms with Crippen LogP contribution in [-0.2, 0) is 12.0 Å². The highest BCUT2D eigenvalue weighted by Crippen LogP contribution is 2.36. The molecule has 1 unspecified atom stereocenters. The van der Waals surface area contributed by atoms with Crippen LogP contribution in [0, 0.1) is 6.92 Å². The maximum Gasteiger partial charge on any atom is 0.253 e. The summed E-state index contributed by atoms with van der Waals surface area (Å²) < 4.78 is 0. The van der Waals surface area contributed by atoms with Gasteiger partial charge in [0, 0.05) is 16.6 Å². The van der Waals surface area contributed by atoms with Gasteiger partial charge in [-0.2, -0.15) is 0 Å². The van der Waals surface area contributed by atoms with Gasteiger partial charge in [0.1, 0.15) is 5.60 Å². The molecule has 0 saturated carbocycles. The van der Waals surface area contributed by atoms with Gasteiger partial charge < -0.3 is 15.4 Å². The normalized spacial score (nSPS) is 19.4. The van der Waals surface area contributed by atoms with Crippen molar-refractivity contribution in [2.75, 3.05) is 6.54 Å². The van der Waals surface area contributed by atoms with Crippen LogP contribution in [0.5, 0.6) is 0 Å². The second-order valence-corrected chi connectivity index (χ2v) is 6.54. The smallest absolute Gasteiger partial charge is 0.253 e. The number of carbonyl (C=O) groups excluding carboxylic acids is 1. The van der Waals surface area contributed by atoms with Crippen molar-refractivity contribution in [3.8, 4) is 0 Å². The lowest BCUT2D eigenvalue weighted by Crippen LogP contribution is -2.39. The predicted molar refractivity (Wildman–Crippen MR) is 94.0 cm³/mol. The molecule has 1 amide bonds.